The second-order valence-electron chi connectivity index (χ2n) is 3.47. The monoisotopic (exact) mass is 280 g/mol. The number of para-hydroxylation sites is 1. The number of thiol groups is 1. The predicted molar refractivity (Wildman–Crippen MR) is 73.8 cm³/mol. The first kappa shape index (κ1) is 13.0. The number of carbonyl (C=O) groups excluding carboxylic acids is 1. The standard InChI is InChI=1S/C13H12O3S2/c14-13(12-8-11(17)9-18-12)16-7-6-15-10-4-2-1-3-5-10/h1-5,8-9,17H,6-7H2. The zero-order valence-corrected chi connectivity index (χ0v) is 11.2. The van der Waals surface area contributed by atoms with Gasteiger partial charge in [-0.3, -0.25) is 0 Å². The highest BCUT2D eigenvalue weighted by molar-refractivity contribution is 7.80. The van der Waals surface area contributed by atoms with Crippen LogP contribution in [0.4, 0.5) is 0 Å². The Balaban J connectivity index is 1.71. The molecular weight excluding hydrogens is 268 g/mol. The lowest BCUT2D eigenvalue weighted by Gasteiger charge is -2.06. The third-order valence-electron chi connectivity index (χ3n) is 2.12. The van der Waals surface area contributed by atoms with E-state index < -0.39 is 0 Å². The van der Waals surface area contributed by atoms with E-state index in [1.807, 2.05) is 30.3 Å². The summed E-state index contributed by atoms with van der Waals surface area (Å²) in [6.07, 6.45) is 0. The summed E-state index contributed by atoms with van der Waals surface area (Å²) in [5, 5.41) is 1.79. The number of esters is 1. The molecule has 0 amide bonds. The Kier molecular flexibility index (Phi) is 4.66. The highest BCUT2D eigenvalue weighted by Crippen LogP contribution is 2.18. The van der Waals surface area contributed by atoms with Gasteiger partial charge in [-0.05, 0) is 18.2 Å². The van der Waals surface area contributed by atoms with Crippen LogP contribution in [0.25, 0.3) is 0 Å². The largest absolute Gasteiger partial charge is 0.490 e. The normalized spacial score (nSPS) is 10.1. The van der Waals surface area contributed by atoms with Gasteiger partial charge in [-0.15, -0.1) is 24.0 Å². The lowest BCUT2D eigenvalue weighted by atomic mass is 10.3. The number of hydrogen-bond acceptors (Lipinski definition) is 5. The van der Waals surface area contributed by atoms with Crippen molar-refractivity contribution in [2.45, 2.75) is 4.90 Å². The van der Waals surface area contributed by atoms with Crippen molar-refractivity contribution in [3.63, 3.8) is 0 Å². The Morgan fingerprint density at radius 3 is 2.67 bits per heavy atom. The van der Waals surface area contributed by atoms with Crippen LogP contribution in [0.15, 0.2) is 46.7 Å². The van der Waals surface area contributed by atoms with Gasteiger partial charge in [0, 0.05) is 10.3 Å². The maximum atomic E-state index is 11.6. The number of carbonyl (C=O) groups is 1. The zero-order chi connectivity index (χ0) is 12.8. The Bertz CT molecular complexity index is 508. The molecule has 0 bridgehead atoms. The van der Waals surface area contributed by atoms with E-state index >= 15 is 0 Å². The molecular formula is C13H12O3S2. The molecule has 2 aromatic rings. The second-order valence-corrected chi connectivity index (χ2v) is 4.89. The highest BCUT2D eigenvalue weighted by atomic mass is 32.1. The number of rotatable bonds is 5. The van der Waals surface area contributed by atoms with Gasteiger partial charge in [0.25, 0.3) is 0 Å². The summed E-state index contributed by atoms with van der Waals surface area (Å²) in [5.41, 5.74) is 0. The third kappa shape index (κ3) is 3.78. The smallest absolute Gasteiger partial charge is 0.348 e. The molecule has 1 heterocycles. The average Bonchev–Trinajstić information content (AvgIpc) is 2.82. The Labute approximate surface area is 115 Å². The first-order chi connectivity index (χ1) is 8.75. The number of benzene rings is 1. The second kappa shape index (κ2) is 6.47. The van der Waals surface area contributed by atoms with Crippen molar-refractivity contribution in [3.8, 4) is 5.75 Å². The van der Waals surface area contributed by atoms with Crippen LogP contribution in [0.3, 0.4) is 0 Å². The van der Waals surface area contributed by atoms with Crippen molar-refractivity contribution in [1.29, 1.82) is 0 Å². The molecule has 0 fully saturated rings. The topological polar surface area (TPSA) is 35.5 Å². The minimum atomic E-state index is -0.336. The molecule has 0 N–H and O–H groups in total. The van der Waals surface area contributed by atoms with Crippen molar-refractivity contribution in [2.24, 2.45) is 0 Å². The van der Waals surface area contributed by atoms with Crippen molar-refractivity contribution < 1.29 is 14.3 Å². The fourth-order valence-corrected chi connectivity index (χ4v) is 2.36. The van der Waals surface area contributed by atoms with Crippen molar-refractivity contribution in [3.05, 3.63) is 46.7 Å². The van der Waals surface area contributed by atoms with Crippen molar-refractivity contribution in [1.82, 2.24) is 0 Å². The fourth-order valence-electron chi connectivity index (χ4n) is 1.31. The quantitative estimate of drug-likeness (QED) is 0.518. The molecule has 0 saturated heterocycles. The summed E-state index contributed by atoms with van der Waals surface area (Å²) in [6.45, 7) is 0.572. The van der Waals surface area contributed by atoms with E-state index in [0.717, 1.165) is 10.6 Å². The van der Waals surface area contributed by atoms with Gasteiger partial charge in [0.15, 0.2) is 0 Å². The van der Waals surface area contributed by atoms with E-state index in [2.05, 4.69) is 12.6 Å². The number of thiophene rings is 1. The molecule has 1 aromatic carbocycles. The lowest BCUT2D eigenvalue weighted by molar-refractivity contribution is 0.0456. The third-order valence-corrected chi connectivity index (χ3v) is 3.46. The van der Waals surface area contributed by atoms with Gasteiger partial charge in [0.2, 0.25) is 0 Å². The average molecular weight is 280 g/mol. The molecule has 2 rings (SSSR count). The van der Waals surface area contributed by atoms with Crippen LogP contribution >= 0.6 is 24.0 Å². The van der Waals surface area contributed by atoms with E-state index in [9.17, 15) is 4.79 Å². The van der Waals surface area contributed by atoms with Crippen LogP contribution in [0.2, 0.25) is 0 Å². The summed E-state index contributed by atoms with van der Waals surface area (Å²) >= 11 is 5.46. The molecule has 5 heteroatoms. The van der Waals surface area contributed by atoms with E-state index in [-0.39, 0.29) is 12.6 Å². The Hall–Kier alpha value is -1.46. The molecule has 0 aliphatic heterocycles. The van der Waals surface area contributed by atoms with Crippen molar-refractivity contribution >= 4 is 29.9 Å². The molecule has 0 aliphatic carbocycles. The van der Waals surface area contributed by atoms with Crippen LogP contribution in [0.5, 0.6) is 5.75 Å². The summed E-state index contributed by atoms with van der Waals surface area (Å²) in [6, 6.07) is 11.1. The first-order valence-electron chi connectivity index (χ1n) is 5.38. The Morgan fingerprint density at radius 1 is 1.22 bits per heavy atom. The highest BCUT2D eigenvalue weighted by Gasteiger charge is 2.09. The summed E-state index contributed by atoms with van der Waals surface area (Å²) in [4.78, 5) is 12.9. The molecule has 0 unspecified atom stereocenters. The maximum absolute atomic E-state index is 11.6. The summed E-state index contributed by atoms with van der Waals surface area (Å²) in [7, 11) is 0. The molecule has 18 heavy (non-hydrogen) atoms. The van der Waals surface area contributed by atoms with Crippen LogP contribution < -0.4 is 4.74 Å². The molecule has 94 valence electrons. The van der Waals surface area contributed by atoms with E-state index in [0.29, 0.717) is 11.5 Å². The molecule has 0 saturated carbocycles. The van der Waals surface area contributed by atoms with Crippen LogP contribution in [-0.2, 0) is 4.74 Å². The van der Waals surface area contributed by atoms with Gasteiger partial charge in [-0.1, -0.05) is 18.2 Å². The van der Waals surface area contributed by atoms with Crippen molar-refractivity contribution in [2.75, 3.05) is 13.2 Å². The van der Waals surface area contributed by atoms with Gasteiger partial charge >= 0.3 is 5.97 Å². The van der Waals surface area contributed by atoms with E-state index in [1.54, 1.807) is 11.4 Å². The first-order valence-corrected chi connectivity index (χ1v) is 6.71. The lowest BCUT2D eigenvalue weighted by Crippen LogP contribution is -2.11. The zero-order valence-electron chi connectivity index (χ0n) is 9.54. The summed E-state index contributed by atoms with van der Waals surface area (Å²) in [5.74, 6) is 0.430. The van der Waals surface area contributed by atoms with Gasteiger partial charge in [-0.25, -0.2) is 4.79 Å². The van der Waals surface area contributed by atoms with E-state index in [1.165, 1.54) is 11.3 Å². The van der Waals surface area contributed by atoms with Gasteiger partial charge < -0.3 is 9.47 Å². The molecule has 0 radical (unpaired) electrons. The minimum Gasteiger partial charge on any atom is -0.490 e. The molecule has 0 atom stereocenters. The van der Waals surface area contributed by atoms with Gasteiger partial charge in [0.1, 0.15) is 23.8 Å². The predicted octanol–water partition coefficient (Wildman–Crippen LogP) is 3.27. The molecule has 3 nitrogen and oxygen atoms in total. The molecule has 0 spiro atoms. The van der Waals surface area contributed by atoms with Gasteiger partial charge in [0.05, 0.1) is 0 Å². The number of hydrogen-bond donors (Lipinski definition) is 1. The Morgan fingerprint density at radius 2 is 2.00 bits per heavy atom. The SMILES string of the molecule is O=C(OCCOc1ccccc1)c1cc(S)cs1. The summed E-state index contributed by atoms with van der Waals surface area (Å²) < 4.78 is 10.5. The maximum Gasteiger partial charge on any atom is 0.348 e. The molecule has 1 aromatic heterocycles. The van der Waals surface area contributed by atoms with Crippen LogP contribution in [0, 0.1) is 0 Å². The minimum absolute atomic E-state index is 0.230. The van der Waals surface area contributed by atoms with E-state index in [4.69, 9.17) is 9.47 Å². The number of ether oxygens (including phenoxy) is 2. The van der Waals surface area contributed by atoms with Crippen LogP contribution in [-0.4, -0.2) is 19.2 Å². The van der Waals surface area contributed by atoms with Crippen LogP contribution in [0.1, 0.15) is 9.67 Å². The fraction of sp³-hybridized carbons (Fsp3) is 0.154. The van der Waals surface area contributed by atoms with Gasteiger partial charge in [-0.2, -0.15) is 0 Å². The molecule has 0 aliphatic rings.